The Hall–Kier alpha value is -1.46. The largest absolute Gasteiger partial charge is 0.481 e. The molecular weight excluding hydrogens is 248 g/mol. The fourth-order valence-electron chi connectivity index (χ4n) is 1.62. The molecule has 2 aromatic heterocycles. The lowest BCUT2D eigenvalue weighted by Crippen LogP contribution is -2.02. The van der Waals surface area contributed by atoms with Crippen LogP contribution in [0.25, 0.3) is 0 Å². The summed E-state index contributed by atoms with van der Waals surface area (Å²) in [6.07, 6.45) is 1.58. The number of methoxy groups -OCH3 is 1. The van der Waals surface area contributed by atoms with Crippen LogP contribution in [0.2, 0.25) is 0 Å². The van der Waals surface area contributed by atoms with Gasteiger partial charge >= 0.3 is 0 Å². The number of hydrogen-bond acceptors (Lipinski definition) is 5. The van der Waals surface area contributed by atoms with Crippen molar-refractivity contribution in [1.82, 2.24) is 9.97 Å². The Morgan fingerprint density at radius 3 is 2.67 bits per heavy atom. The third-order valence-electron chi connectivity index (χ3n) is 2.79. The fraction of sp³-hybridized carbons (Fsp3) is 0.385. The van der Waals surface area contributed by atoms with Gasteiger partial charge in [0.15, 0.2) is 0 Å². The van der Waals surface area contributed by atoms with Crippen molar-refractivity contribution in [2.24, 2.45) is 0 Å². The topological polar surface area (TPSA) is 55.2 Å². The van der Waals surface area contributed by atoms with Gasteiger partial charge in [-0.05, 0) is 25.5 Å². The van der Waals surface area contributed by atoms with E-state index >= 15 is 0 Å². The highest BCUT2D eigenvalue weighted by Gasteiger charge is 2.12. The third-order valence-corrected chi connectivity index (χ3v) is 3.89. The smallest absolute Gasteiger partial charge is 0.212 e. The summed E-state index contributed by atoms with van der Waals surface area (Å²) in [5, 5.41) is 11.1. The number of aromatic nitrogens is 2. The van der Waals surface area contributed by atoms with Gasteiger partial charge < -0.3 is 9.84 Å². The molecule has 0 saturated heterocycles. The molecule has 96 valence electrons. The molecule has 0 spiro atoms. The zero-order valence-electron chi connectivity index (χ0n) is 10.7. The molecule has 0 amide bonds. The van der Waals surface area contributed by atoms with E-state index in [1.807, 2.05) is 19.9 Å². The van der Waals surface area contributed by atoms with Gasteiger partial charge in [0.05, 0.1) is 23.9 Å². The van der Waals surface area contributed by atoms with Gasteiger partial charge in [-0.1, -0.05) is 0 Å². The van der Waals surface area contributed by atoms with E-state index in [9.17, 15) is 5.11 Å². The quantitative estimate of drug-likeness (QED) is 0.921. The van der Waals surface area contributed by atoms with Crippen molar-refractivity contribution in [3.05, 3.63) is 39.5 Å². The van der Waals surface area contributed by atoms with Crippen molar-refractivity contribution in [3.63, 3.8) is 0 Å². The summed E-state index contributed by atoms with van der Waals surface area (Å²) in [5.41, 5.74) is 1.82. The molecule has 2 heterocycles. The molecule has 0 saturated carbocycles. The maximum Gasteiger partial charge on any atom is 0.212 e. The minimum atomic E-state index is -0.576. The molecule has 4 nitrogen and oxygen atoms in total. The summed E-state index contributed by atoms with van der Waals surface area (Å²) in [5.74, 6) is 0.548. The Bertz CT molecular complexity index is 503. The van der Waals surface area contributed by atoms with Crippen molar-refractivity contribution >= 4 is 11.3 Å². The second-order valence-corrected chi connectivity index (χ2v) is 5.39. The average Bonchev–Trinajstić information content (AvgIpc) is 2.68. The van der Waals surface area contributed by atoms with Crippen LogP contribution in [0.1, 0.15) is 27.2 Å². The summed E-state index contributed by atoms with van der Waals surface area (Å²) in [6, 6.07) is 3.57. The van der Waals surface area contributed by atoms with Crippen molar-refractivity contribution in [3.8, 4) is 5.88 Å². The lowest BCUT2D eigenvalue weighted by molar-refractivity contribution is 0.177. The molecule has 2 aromatic rings. The molecular formula is C13H16N2O2S. The lowest BCUT2D eigenvalue weighted by atomic mass is 10.1. The molecule has 0 aliphatic carbocycles. The van der Waals surface area contributed by atoms with Crippen molar-refractivity contribution in [2.45, 2.75) is 26.4 Å². The fourth-order valence-corrected chi connectivity index (χ4v) is 2.59. The number of rotatable bonds is 4. The molecule has 2 rings (SSSR count). The van der Waals surface area contributed by atoms with Crippen molar-refractivity contribution in [1.29, 1.82) is 0 Å². The predicted octanol–water partition coefficient (Wildman–Crippen LogP) is 2.44. The number of ether oxygens (including phenoxy) is 1. The van der Waals surface area contributed by atoms with Crippen LogP contribution in [0.15, 0.2) is 18.3 Å². The molecule has 0 bridgehead atoms. The zero-order valence-corrected chi connectivity index (χ0v) is 11.5. The number of nitrogens with zero attached hydrogens (tertiary/aromatic N) is 2. The number of pyridine rings is 1. The van der Waals surface area contributed by atoms with E-state index in [-0.39, 0.29) is 0 Å². The number of aliphatic hydroxyl groups excluding tert-OH is 1. The van der Waals surface area contributed by atoms with Crippen LogP contribution in [-0.2, 0) is 6.42 Å². The summed E-state index contributed by atoms with van der Waals surface area (Å²) in [6.45, 7) is 4.02. The number of aliphatic hydroxyl groups is 1. The van der Waals surface area contributed by atoms with Gasteiger partial charge in [0.25, 0.3) is 0 Å². The van der Waals surface area contributed by atoms with Gasteiger partial charge in [-0.25, -0.2) is 9.97 Å². The summed E-state index contributed by atoms with van der Waals surface area (Å²) in [4.78, 5) is 9.71. The minimum absolute atomic E-state index is 0.521. The highest BCUT2D eigenvalue weighted by Crippen LogP contribution is 2.23. The van der Waals surface area contributed by atoms with Gasteiger partial charge in [-0.2, -0.15) is 0 Å². The van der Waals surface area contributed by atoms with Gasteiger partial charge in [0.2, 0.25) is 5.88 Å². The van der Waals surface area contributed by atoms with Crippen LogP contribution >= 0.6 is 11.3 Å². The van der Waals surface area contributed by atoms with E-state index in [1.165, 1.54) is 4.88 Å². The molecule has 0 aliphatic heterocycles. The molecule has 1 atom stereocenters. The Balaban J connectivity index is 2.08. The molecule has 5 heteroatoms. The second-order valence-electron chi connectivity index (χ2n) is 4.10. The molecule has 1 N–H and O–H groups in total. The Morgan fingerprint density at radius 1 is 1.39 bits per heavy atom. The molecule has 0 aliphatic rings. The van der Waals surface area contributed by atoms with Gasteiger partial charge in [-0.3, -0.25) is 0 Å². The first-order chi connectivity index (χ1) is 8.60. The van der Waals surface area contributed by atoms with E-state index in [0.717, 1.165) is 16.3 Å². The molecule has 1 unspecified atom stereocenters. The maximum atomic E-state index is 10.1. The van der Waals surface area contributed by atoms with Crippen LogP contribution in [0, 0.1) is 13.8 Å². The van der Waals surface area contributed by atoms with Gasteiger partial charge in [-0.15, -0.1) is 11.3 Å². The highest BCUT2D eigenvalue weighted by molar-refractivity contribution is 7.11. The summed E-state index contributed by atoms with van der Waals surface area (Å²) < 4.78 is 4.98. The van der Waals surface area contributed by atoms with E-state index in [4.69, 9.17) is 4.74 Å². The van der Waals surface area contributed by atoms with Crippen LogP contribution in [-0.4, -0.2) is 22.2 Å². The minimum Gasteiger partial charge on any atom is -0.481 e. The summed E-state index contributed by atoms with van der Waals surface area (Å²) >= 11 is 1.63. The van der Waals surface area contributed by atoms with Crippen LogP contribution in [0.3, 0.4) is 0 Å². The molecule has 0 fully saturated rings. The van der Waals surface area contributed by atoms with Crippen LogP contribution in [0.4, 0.5) is 0 Å². The monoisotopic (exact) mass is 264 g/mol. The van der Waals surface area contributed by atoms with E-state index in [0.29, 0.717) is 12.3 Å². The van der Waals surface area contributed by atoms with Crippen molar-refractivity contribution < 1.29 is 9.84 Å². The van der Waals surface area contributed by atoms with Gasteiger partial charge in [0, 0.05) is 23.6 Å². The van der Waals surface area contributed by atoms with Crippen LogP contribution < -0.4 is 4.74 Å². The third kappa shape index (κ3) is 2.86. The number of hydrogen-bond donors (Lipinski definition) is 1. The normalized spacial score (nSPS) is 12.4. The standard InChI is InChI=1S/C13H16N2O2S/c1-8-9(2)18-13(15-8)6-11(16)10-4-5-12(17-3)14-7-10/h4-5,7,11,16H,6H2,1-3H3. The van der Waals surface area contributed by atoms with E-state index < -0.39 is 6.10 Å². The number of thiazole rings is 1. The molecule has 0 aromatic carbocycles. The summed E-state index contributed by atoms with van der Waals surface area (Å²) in [7, 11) is 1.57. The Morgan fingerprint density at radius 2 is 2.17 bits per heavy atom. The van der Waals surface area contributed by atoms with Crippen LogP contribution in [0.5, 0.6) is 5.88 Å². The first-order valence-corrected chi connectivity index (χ1v) is 6.52. The lowest BCUT2D eigenvalue weighted by Gasteiger charge is -2.09. The van der Waals surface area contributed by atoms with Gasteiger partial charge in [0.1, 0.15) is 0 Å². The predicted molar refractivity (Wildman–Crippen MR) is 71.0 cm³/mol. The van der Waals surface area contributed by atoms with E-state index in [1.54, 1.807) is 30.7 Å². The number of aryl methyl sites for hydroxylation is 2. The van der Waals surface area contributed by atoms with E-state index in [2.05, 4.69) is 9.97 Å². The Labute approximate surface area is 110 Å². The highest BCUT2D eigenvalue weighted by atomic mass is 32.1. The molecule has 18 heavy (non-hydrogen) atoms. The average molecular weight is 264 g/mol. The second kappa shape index (κ2) is 5.46. The SMILES string of the molecule is COc1ccc(C(O)Cc2nc(C)c(C)s2)cn1. The molecule has 0 radical (unpaired) electrons. The maximum absolute atomic E-state index is 10.1. The Kier molecular flexibility index (Phi) is 3.93. The first-order valence-electron chi connectivity index (χ1n) is 5.71. The zero-order chi connectivity index (χ0) is 13.1. The van der Waals surface area contributed by atoms with Crippen molar-refractivity contribution in [2.75, 3.05) is 7.11 Å². The first kappa shape index (κ1) is 13.0.